The third-order valence-electron chi connectivity index (χ3n) is 4.38. The fourth-order valence-corrected chi connectivity index (χ4v) is 3.30. The summed E-state index contributed by atoms with van der Waals surface area (Å²) in [6, 6.07) is -4.49. The van der Waals surface area contributed by atoms with Gasteiger partial charge in [-0.3, -0.25) is 19.2 Å². The van der Waals surface area contributed by atoms with Crippen LogP contribution in [0.4, 0.5) is 0 Å². The largest absolute Gasteiger partial charge is 0.480 e. The topological polar surface area (TPSA) is 220 Å². The van der Waals surface area contributed by atoms with E-state index in [1.165, 1.54) is 11.8 Å². The highest BCUT2D eigenvalue weighted by Crippen LogP contribution is 2.06. The third kappa shape index (κ3) is 12.1. The highest BCUT2D eigenvalue weighted by atomic mass is 32.2. The summed E-state index contributed by atoms with van der Waals surface area (Å²) in [5, 5.41) is 16.5. The first-order chi connectivity index (χ1) is 15.1. The number of carbonyl (C=O) groups excluding carboxylic acids is 4. The summed E-state index contributed by atoms with van der Waals surface area (Å²) in [6.45, 7) is 0.391. The second kappa shape index (κ2) is 16.6. The fourth-order valence-electron chi connectivity index (χ4n) is 2.58. The molecule has 184 valence electrons. The van der Waals surface area contributed by atoms with Gasteiger partial charge in [-0.1, -0.05) is 0 Å². The van der Waals surface area contributed by atoms with Crippen LogP contribution in [0.15, 0.2) is 0 Å². The zero-order chi connectivity index (χ0) is 24.7. The Morgan fingerprint density at radius 3 is 1.94 bits per heavy atom. The second-order valence-corrected chi connectivity index (χ2v) is 8.40. The standard InChI is InChI=1S/C18H34N6O6S2/c1-32-7-5-12(17(28)24-13(9-31)18(29)30)23-16(27)11(4-2-3-6-19)22-15(26)10(20)8-14(21)25/h10-13,31H,2-9,19-20H2,1H3,(H2,21,25)(H,22,26)(H,23,27)(H,24,28)(H,29,30). The van der Waals surface area contributed by atoms with Crippen molar-refractivity contribution in [1.82, 2.24) is 16.0 Å². The first-order valence-corrected chi connectivity index (χ1v) is 12.1. The van der Waals surface area contributed by atoms with Crippen molar-refractivity contribution in [3.05, 3.63) is 0 Å². The smallest absolute Gasteiger partial charge is 0.327 e. The van der Waals surface area contributed by atoms with Gasteiger partial charge in [0.05, 0.1) is 12.5 Å². The number of carboxylic acids is 1. The van der Waals surface area contributed by atoms with Crippen LogP contribution in [0.2, 0.25) is 0 Å². The lowest BCUT2D eigenvalue weighted by atomic mass is 10.1. The number of hydrogen-bond donors (Lipinski definition) is 8. The van der Waals surface area contributed by atoms with Gasteiger partial charge in [-0.2, -0.15) is 24.4 Å². The number of amides is 4. The van der Waals surface area contributed by atoms with Gasteiger partial charge in [-0.05, 0) is 44.2 Å². The lowest BCUT2D eigenvalue weighted by Gasteiger charge is -2.25. The van der Waals surface area contributed by atoms with Gasteiger partial charge in [0.15, 0.2) is 0 Å². The number of thioether (sulfide) groups is 1. The van der Waals surface area contributed by atoms with E-state index < -0.39 is 53.8 Å². The molecule has 10 N–H and O–H groups in total. The molecule has 32 heavy (non-hydrogen) atoms. The van der Waals surface area contributed by atoms with E-state index in [0.29, 0.717) is 25.1 Å². The van der Waals surface area contributed by atoms with Crippen LogP contribution < -0.4 is 33.2 Å². The quantitative estimate of drug-likeness (QED) is 0.0792. The molecule has 12 nitrogen and oxygen atoms in total. The molecule has 14 heteroatoms. The van der Waals surface area contributed by atoms with Crippen molar-refractivity contribution in [2.45, 2.75) is 56.3 Å². The average molecular weight is 495 g/mol. The number of hydrogen-bond acceptors (Lipinski definition) is 9. The molecule has 0 saturated heterocycles. The van der Waals surface area contributed by atoms with E-state index >= 15 is 0 Å². The molecule has 4 amide bonds. The third-order valence-corrected chi connectivity index (χ3v) is 5.39. The number of nitrogens with one attached hydrogen (secondary N) is 3. The van der Waals surface area contributed by atoms with Gasteiger partial charge < -0.3 is 38.3 Å². The Labute approximate surface area is 196 Å². The number of thiol groups is 1. The van der Waals surface area contributed by atoms with Crippen LogP contribution in [0.5, 0.6) is 0 Å². The monoisotopic (exact) mass is 494 g/mol. The molecular weight excluding hydrogens is 460 g/mol. The van der Waals surface area contributed by atoms with Crippen molar-refractivity contribution < 1.29 is 29.1 Å². The van der Waals surface area contributed by atoms with Gasteiger partial charge >= 0.3 is 5.97 Å². The molecule has 0 saturated carbocycles. The second-order valence-electron chi connectivity index (χ2n) is 7.05. The molecule has 0 heterocycles. The molecule has 0 rings (SSSR count). The van der Waals surface area contributed by atoms with E-state index in [9.17, 15) is 24.0 Å². The number of nitrogens with two attached hydrogens (primary N) is 3. The van der Waals surface area contributed by atoms with E-state index in [4.69, 9.17) is 22.3 Å². The van der Waals surface area contributed by atoms with Gasteiger partial charge in [-0.15, -0.1) is 0 Å². The van der Waals surface area contributed by atoms with Gasteiger partial charge in [0, 0.05) is 5.75 Å². The van der Waals surface area contributed by atoms with Crippen molar-refractivity contribution in [2.75, 3.05) is 24.3 Å². The van der Waals surface area contributed by atoms with E-state index in [-0.39, 0.29) is 25.0 Å². The Morgan fingerprint density at radius 1 is 0.938 bits per heavy atom. The summed E-state index contributed by atoms with van der Waals surface area (Å²) in [5.41, 5.74) is 16.2. The minimum Gasteiger partial charge on any atom is -0.480 e. The van der Waals surface area contributed by atoms with Crippen LogP contribution in [0.3, 0.4) is 0 Å². The Morgan fingerprint density at radius 2 is 1.47 bits per heavy atom. The highest BCUT2D eigenvalue weighted by molar-refractivity contribution is 7.98. The molecule has 0 aromatic heterocycles. The minimum absolute atomic E-state index is 0.125. The van der Waals surface area contributed by atoms with Crippen molar-refractivity contribution >= 4 is 54.0 Å². The Bertz CT molecular complexity index is 653. The number of primary amides is 1. The molecule has 0 aromatic carbocycles. The van der Waals surface area contributed by atoms with Crippen LogP contribution in [-0.2, 0) is 24.0 Å². The molecule has 4 unspecified atom stereocenters. The normalized spacial score (nSPS) is 14.5. The lowest BCUT2D eigenvalue weighted by Crippen LogP contribution is -2.57. The van der Waals surface area contributed by atoms with Gasteiger partial charge in [-0.25, -0.2) is 4.79 Å². The number of carbonyl (C=O) groups is 5. The lowest BCUT2D eigenvalue weighted by molar-refractivity contribution is -0.141. The van der Waals surface area contributed by atoms with Crippen molar-refractivity contribution in [1.29, 1.82) is 0 Å². The van der Waals surface area contributed by atoms with E-state index in [2.05, 4.69) is 28.6 Å². The van der Waals surface area contributed by atoms with Crippen LogP contribution in [0.1, 0.15) is 32.1 Å². The number of carboxylic acid groups (broad SMARTS) is 1. The van der Waals surface area contributed by atoms with Crippen LogP contribution >= 0.6 is 24.4 Å². The highest BCUT2D eigenvalue weighted by Gasteiger charge is 2.29. The van der Waals surface area contributed by atoms with E-state index in [0.717, 1.165) is 0 Å². The van der Waals surface area contributed by atoms with Crippen LogP contribution in [0.25, 0.3) is 0 Å². The predicted molar refractivity (Wildman–Crippen MR) is 125 cm³/mol. The maximum absolute atomic E-state index is 12.9. The van der Waals surface area contributed by atoms with Gasteiger partial charge in [0.25, 0.3) is 0 Å². The number of rotatable bonds is 17. The molecule has 0 aliphatic carbocycles. The summed E-state index contributed by atoms with van der Waals surface area (Å²) < 4.78 is 0. The Hall–Kier alpha value is -2.03. The molecule has 0 fully saturated rings. The van der Waals surface area contributed by atoms with Gasteiger partial charge in [0.1, 0.15) is 18.1 Å². The fraction of sp³-hybridized carbons (Fsp3) is 0.722. The zero-order valence-electron chi connectivity index (χ0n) is 18.0. The molecule has 0 aromatic rings. The van der Waals surface area contributed by atoms with Crippen molar-refractivity contribution in [2.24, 2.45) is 17.2 Å². The zero-order valence-corrected chi connectivity index (χ0v) is 19.8. The van der Waals surface area contributed by atoms with Gasteiger partial charge in [0.2, 0.25) is 23.6 Å². The molecule has 4 atom stereocenters. The molecule has 0 aliphatic rings. The first-order valence-electron chi connectivity index (χ1n) is 10.0. The average Bonchev–Trinajstić information content (AvgIpc) is 2.72. The number of unbranched alkanes of at least 4 members (excludes halogenated alkanes) is 1. The van der Waals surface area contributed by atoms with Crippen LogP contribution in [0, 0.1) is 0 Å². The van der Waals surface area contributed by atoms with Crippen molar-refractivity contribution in [3.63, 3.8) is 0 Å². The van der Waals surface area contributed by atoms with E-state index in [1.807, 2.05) is 6.26 Å². The number of aliphatic carboxylic acids is 1. The maximum Gasteiger partial charge on any atom is 0.327 e. The van der Waals surface area contributed by atoms with Crippen LogP contribution in [-0.4, -0.2) is 83.2 Å². The summed E-state index contributed by atoms with van der Waals surface area (Å²) in [7, 11) is 0. The summed E-state index contributed by atoms with van der Waals surface area (Å²) >= 11 is 5.35. The summed E-state index contributed by atoms with van der Waals surface area (Å²) in [6.07, 6.45) is 3.02. The van der Waals surface area contributed by atoms with Crippen molar-refractivity contribution in [3.8, 4) is 0 Å². The molecule has 0 bridgehead atoms. The molecular formula is C18H34N6O6S2. The van der Waals surface area contributed by atoms with E-state index in [1.54, 1.807) is 0 Å². The summed E-state index contributed by atoms with van der Waals surface area (Å²) in [5.74, 6) is -3.67. The predicted octanol–water partition coefficient (Wildman–Crippen LogP) is -2.46. The maximum atomic E-state index is 12.9. The summed E-state index contributed by atoms with van der Waals surface area (Å²) in [4.78, 5) is 59.9. The molecule has 0 radical (unpaired) electrons. The Balaban J connectivity index is 5.37. The Kier molecular flexibility index (Phi) is 15.5. The first kappa shape index (κ1) is 30.0. The molecule has 0 aliphatic heterocycles. The minimum atomic E-state index is -1.25. The molecule has 0 spiro atoms. The SMILES string of the molecule is CSCCC(NC(=O)C(CCCCN)NC(=O)C(N)CC(N)=O)C(=O)NC(CS)C(=O)O.